The van der Waals surface area contributed by atoms with E-state index in [-0.39, 0.29) is 5.54 Å². The van der Waals surface area contributed by atoms with Crippen LogP contribution < -0.4 is 5.32 Å². The van der Waals surface area contributed by atoms with Gasteiger partial charge in [-0.05, 0) is 44.9 Å². The summed E-state index contributed by atoms with van der Waals surface area (Å²) in [5, 5.41) is 18.4. The monoisotopic (exact) mass is 292 g/mol. The predicted octanol–water partition coefficient (Wildman–Crippen LogP) is 3.05. The minimum absolute atomic E-state index is 0.298. The van der Waals surface area contributed by atoms with Crippen LogP contribution >= 0.6 is 11.6 Å². The van der Waals surface area contributed by atoms with E-state index >= 15 is 0 Å². The number of nitriles is 1. The molecule has 4 nitrogen and oxygen atoms in total. The van der Waals surface area contributed by atoms with E-state index < -0.39 is 0 Å². The van der Waals surface area contributed by atoms with Crippen LogP contribution in [0.3, 0.4) is 0 Å². The maximum Gasteiger partial charge on any atom is 0.109 e. The third kappa shape index (κ3) is 2.70. The summed E-state index contributed by atoms with van der Waals surface area (Å²) < 4.78 is 1.91. The van der Waals surface area contributed by atoms with Crippen LogP contribution in [0.1, 0.15) is 44.2 Å². The summed E-state index contributed by atoms with van der Waals surface area (Å²) in [7, 11) is 0. The Morgan fingerprint density at radius 3 is 2.95 bits per heavy atom. The maximum atomic E-state index is 9.65. The molecule has 0 aromatic carbocycles. The molecule has 1 aromatic rings. The maximum absolute atomic E-state index is 9.65. The van der Waals surface area contributed by atoms with E-state index in [2.05, 4.69) is 16.5 Å². The first-order valence-corrected chi connectivity index (χ1v) is 7.89. The van der Waals surface area contributed by atoms with Crippen LogP contribution in [0.4, 0.5) is 0 Å². The van der Waals surface area contributed by atoms with E-state index in [9.17, 15) is 5.26 Å². The number of hydrogen-bond acceptors (Lipinski definition) is 3. The molecule has 0 saturated heterocycles. The summed E-state index contributed by atoms with van der Waals surface area (Å²) in [6.07, 6.45) is 8.61. The average molecular weight is 293 g/mol. The van der Waals surface area contributed by atoms with Gasteiger partial charge in [0.15, 0.2) is 0 Å². The lowest BCUT2D eigenvalue weighted by Crippen LogP contribution is -2.48. The molecule has 0 aliphatic heterocycles. The van der Waals surface area contributed by atoms with Crippen molar-refractivity contribution in [2.45, 2.75) is 63.6 Å². The van der Waals surface area contributed by atoms with Gasteiger partial charge in [0.2, 0.25) is 0 Å². The lowest BCUT2D eigenvalue weighted by molar-refractivity contribution is 0.284. The van der Waals surface area contributed by atoms with E-state index in [4.69, 9.17) is 11.6 Å². The van der Waals surface area contributed by atoms with E-state index in [0.717, 1.165) is 42.9 Å². The van der Waals surface area contributed by atoms with Crippen molar-refractivity contribution >= 4 is 11.6 Å². The molecule has 0 spiro atoms. The van der Waals surface area contributed by atoms with Gasteiger partial charge in [-0.3, -0.25) is 10.00 Å². The minimum Gasteiger partial charge on any atom is -0.296 e. The van der Waals surface area contributed by atoms with Crippen molar-refractivity contribution in [1.82, 2.24) is 15.1 Å². The van der Waals surface area contributed by atoms with Gasteiger partial charge in [-0.1, -0.05) is 18.0 Å². The molecule has 1 N–H and O–H groups in total. The standard InChI is InChI=1S/C15H21ClN4/c1-11-14(16)9-20(19-11)8-6-12-3-2-7-15(12,10-17)18-13-4-5-13/h9,12-13,18H,2-8H2,1H3. The van der Waals surface area contributed by atoms with E-state index in [1.54, 1.807) is 0 Å². The highest BCUT2D eigenvalue weighted by atomic mass is 35.5. The van der Waals surface area contributed by atoms with Crippen LogP contribution in [-0.4, -0.2) is 21.4 Å². The van der Waals surface area contributed by atoms with Gasteiger partial charge in [0, 0.05) is 18.8 Å². The summed E-state index contributed by atoms with van der Waals surface area (Å²) in [5.41, 5.74) is 0.577. The van der Waals surface area contributed by atoms with E-state index in [0.29, 0.717) is 12.0 Å². The topological polar surface area (TPSA) is 53.6 Å². The van der Waals surface area contributed by atoms with Crippen molar-refractivity contribution in [3.05, 3.63) is 16.9 Å². The third-order valence-electron chi connectivity index (χ3n) is 4.65. The quantitative estimate of drug-likeness (QED) is 0.907. The molecule has 20 heavy (non-hydrogen) atoms. The first kappa shape index (κ1) is 13.9. The molecule has 0 amide bonds. The Kier molecular flexibility index (Phi) is 3.74. The van der Waals surface area contributed by atoms with Gasteiger partial charge in [0.1, 0.15) is 5.54 Å². The molecular formula is C15H21ClN4. The molecule has 0 bridgehead atoms. The molecule has 1 aromatic heterocycles. The second-order valence-electron chi connectivity index (χ2n) is 6.21. The highest BCUT2D eigenvalue weighted by Gasteiger charge is 2.45. The summed E-state index contributed by atoms with van der Waals surface area (Å²) in [6.45, 7) is 2.76. The van der Waals surface area contributed by atoms with Gasteiger partial charge in [0.25, 0.3) is 0 Å². The van der Waals surface area contributed by atoms with Crippen LogP contribution in [0.5, 0.6) is 0 Å². The van der Waals surface area contributed by atoms with Gasteiger partial charge in [-0.15, -0.1) is 0 Å². The molecule has 2 aliphatic carbocycles. The minimum atomic E-state index is -0.298. The fourth-order valence-corrected chi connectivity index (χ4v) is 3.48. The van der Waals surface area contributed by atoms with Gasteiger partial charge in [-0.2, -0.15) is 10.4 Å². The molecule has 1 heterocycles. The van der Waals surface area contributed by atoms with E-state index in [1.165, 1.54) is 12.8 Å². The zero-order chi connectivity index (χ0) is 14.2. The van der Waals surface area contributed by atoms with Gasteiger partial charge < -0.3 is 0 Å². The van der Waals surface area contributed by atoms with Crippen molar-refractivity contribution in [2.75, 3.05) is 0 Å². The van der Waals surface area contributed by atoms with Gasteiger partial charge >= 0.3 is 0 Å². The van der Waals surface area contributed by atoms with Gasteiger partial charge in [-0.25, -0.2) is 0 Å². The van der Waals surface area contributed by atoms with Crippen LogP contribution in [0.25, 0.3) is 0 Å². The first-order valence-electron chi connectivity index (χ1n) is 7.51. The number of hydrogen-bond donors (Lipinski definition) is 1. The zero-order valence-corrected chi connectivity index (χ0v) is 12.7. The fourth-order valence-electron chi connectivity index (χ4n) is 3.33. The Labute approximate surface area is 125 Å². The van der Waals surface area contributed by atoms with Crippen molar-refractivity contribution in [3.63, 3.8) is 0 Å². The summed E-state index contributed by atoms with van der Waals surface area (Å²) in [6, 6.07) is 3.17. The summed E-state index contributed by atoms with van der Waals surface area (Å²) in [4.78, 5) is 0. The Hall–Kier alpha value is -1.05. The number of aromatic nitrogens is 2. The lowest BCUT2D eigenvalue weighted by Gasteiger charge is -2.30. The molecule has 3 rings (SSSR count). The fraction of sp³-hybridized carbons (Fsp3) is 0.733. The Morgan fingerprint density at radius 2 is 2.35 bits per heavy atom. The van der Waals surface area contributed by atoms with Crippen LogP contribution in [0.15, 0.2) is 6.20 Å². The summed E-state index contributed by atoms with van der Waals surface area (Å²) in [5.74, 6) is 0.427. The van der Waals surface area contributed by atoms with Crippen molar-refractivity contribution in [1.29, 1.82) is 5.26 Å². The molecule has 2 saturated carbocycles. The third-order valence-corrected chi connectivity index (χ3v) is 5.02. The molecule has 2 atom stereocenters. The van der Waals surface area contributed by atoms with Crippen LogP contribution in [-0.2, 0) is 6.54 Å². The zero-order valence-electron chi connectivity index (χ0n) is 11.9. The second kappa shape index (κ2) is 5.38. The number of aryl methyl sites for hydroxylation is 2. The molecule has 2 fully saturated rings. The largest absolute Gasteiger partial charge is 0.296 e. The van der Waals surface area contributed by atoms with E-state index in [1.807, 2.05) is 17.8 Å². The van der Waals surface area contributed by atoms with Crippen molar-refractivity contribution in [3.8, 4) is 6.07 Å². The summed E-state index contributed by atoms with van der Waals surface area (Å²) >= 11 is 6.04. The van der Waals surface area contributed by atoms with Gasteiger partial charge in [0.05, 0.1) is 16.8 Å². The van der Waals surface area contributed by atoms with Crippen LogP contribution in [0, 0.1) is 24.2 Å². The molecule has 5 heteroatoms. The lowest BCUT2D eigenvalue weighted by atomic mass is 9.85. The molecule has 2 aliphatic rings. The SMILES string of the molecule is Cc1nn(CCC2CCCC2(C#N)NC2CC2)cc1Cl. The predicted molar refractivity (Wildman–Crippen MR) is 78.4 cm³/mol. The first-order chi connectivity index (χ1) is 9.63. The highest BCUT2D eigenvalue weighted by Crippen LogP contribution is 2.40. The highest BCUT2D eigenvalue weighted by molar-refractivity contribution is 6.31. The van der Waals surface area contributed by atoms with Crippen LogP contribution in [0.2, 0.25) is 5.02 Å². The molecule has 0 radical (unpaired) electrons. The number of nitrogens with zero attached hydrogens (tertiary/aromatic N) is 3. The smallest absolute Gasteiger partial charge is 0.109 e. The molecular weight excluding hydrogens is 272 g/mol. The van der Waals surface area contributed by atoms with Crippen molar-refractivity contribution in [2.24, 2.45) is 5.92 Å². The second-order valence-corrected chi connectivity index (χ2v) is 6.61. The van der Waals surface area contributed by atoms with Crippen molar-refractivity contribution < 1.29 is 0 Å². The number of nitrogens with one attached hydrogen (secondary N) is 1. The molecule has 108 valence electrons. The average Bonchev–Trinajstić information content (AvgIpc) is 3.06. The Balaban J connectivity index is 1.64. The molecule has 2 unspecified atom stereocenters. The number of rotatable bonds is 5. The Bertz CT molecular complexity index is 509. The normalized spacial score (nSPS) is 29.6. The Morgan fingerprint density at radius 1 is 1.55 bits per heavy atom. The number of halogens is 1.